The molecule has 1 heteroatoms. The molecule has 92 valence electrons. The summed E-state index contributed by atoms with van der Waals surface area (Å²) in [5, 5.41) is 3.65. The average molecular weight is 237 g/mol. The zero-order valence-electron chi connectivity index (χ0n) is 10.8. The number of hydrogen-bond acceptors (Lipinski definition) is 1. The zero-order chi connectivity index (χ0) is 12.4. The summed E-state index contributed by atoms with van der Waals surface area (Å²) in [4.78, 5) is 0. The van der Waals surface area contributed by atoms with Crippen molar-refractivity contribution >= 4 is 0 Å². The molecule has 2 aromatic carbocycles. The van der Waals surface area contributed by atoms with Crippen LogP contribution in [0.5, 0.6) is 0 Å². The van der Waals surface area contributed by atoms with Gasteiger partial charge < -0.3 is 5.32 Å². The van der Waals surface area contributed by atoms with E-state index in [0.29, 0.717) is 6.04 Å². The molecule has 1 aliphatic rings. The maximum Gasteiger partial charge on any atom is 0.0211 e. The van der Waals surface area contributed by atoms with E-state index in [-0.39, 0.29) is 0 Å². The molecule has 18 heavy (non-hydrogen) atoms. The van der Waals surface area contributed by atoms with Crippen LogP contribution in [0.1, 0.15) is 22.3 Å². The molecule has 0 aromatic heterocycles. The van der Waals surface area contributed by atoms with Crippen LogP contribution in [0.15, 0.2) is 48.5 Å². The molecule has 1 N–H and O–H groups in total. The molecular weight excluding hydrogens is 218 g/mol. The molecule has 1 nitrogen and oxygen atoms in total. The molecule has 0 bridgehead atoms. The Bertz CT molecular complexity index is 545. The van der Waals surface area contributed by atoms with Crippen molar-refractivity contribution in [2.75, 3.05) is 0 Å². The standard InChI is InChI=1S/C17H19N/c1-13-6-2-3-7-14(13)10-17-11-15-8-4-5-9-16(15)12-18-17/h2-9,17-18H,10-12H2,1H3. The molecule has 1 aliphatic heterocycles. The third kappa shape index (κ3) is 2.32. The summed E-state index contributed by atoms with van der Waals surface area (Å²) < 4.78 is 0. The lowest BCUT2D eigenvalue weighted by Gasteiger charge is -2.26. The van der Waals surface area contributed by atoms with Gasteiger partial charge in [0.15, 0.2) is 0 Å². The Kier molecular flexibility index (Phi) is 3.16. The minimum absolute atomic E-state index is 0.570. The summed E-state index contributed by atoms with van der Waals surface area (Å²) in [6.45, 7) is 3.21. The van der Waals surface area contributed by atoms with Gasteiger partial charge in [0.2, 0.25) is 0 Å². The fourth-order valence-electron chi connectivity index (χ4n) is 2.77. The maximum atomic E-state index is 3.65. The highest BCUT2D eigenvalue weighted by Gasteiger charge is 2.17. The lowest BCUT2D eigenvalue weighted by atomic mass is 9.91. The van der Waals surface area contributed by atoms with Gasteiger partial charge in [-0.15, -0.1) is 0 Å². The molecule has 0 fully saturated rings. The van der Waals surface area contributed by atoms with E-state index >= 15 is 0 Å². The summed E-state index contributed by atoms with van der Waals surface area (Å²) in [6.07, 6.45) is 2.27. The van der Waals surface area contributed by atoms with Crippen molar-refractivity contribution < 1.29 is 0 Å². The first-order chi connectivity index (χ1) is 8.83. The molecule has 0 aliphatic carbocycles. The first kappa shape index (κ1) is 11.5. The zero-order valence-corrected chi connectivity index (χ0v) is 10.8. The summed E-state index contributed by atoms with van der Waals surface area (Å²) in [6, 6.07) is 18.0. The van der Waals surface area contributed by atoms with Crippen LogP contribution in [-0.2, 0) is 19.4 Å². The lowest BCUT2D eigenvalue weighted by molar-refractivity contribution is 0.476. The second-order valence-corrected chi connectivity index (χ2v) is 5.18. The summed E-state index contributed by atoms with van der Waals surface area (Å²) >= 11 is 0. The van der Waals surface area contributed by atoms with Crippen LogP contribution < -0.4 is 5.32 Å². The predicted octanol–water partition coefficient (Wildman–Crippen LogP) is 3.25. The second kappa shape index (κ2) is 4.95. The highest BCUT2D eigenvalue weighted by atomic mass is 14.9. The van der Waals surface area contributed by atoms with Crippen molar-refractivity contribution in [2.24, 2.45) is 0 Å². The van der Waals surface area contributed by atoms with Gasteiger partial charge in [-0.05, 0) is 42.0 Å². The molecule has 0 spiro atoms. The largest absolute Gasteiger partial charge is 0.309 e. The van der Waals surface area contributed by atoms with Crippen LogP contribution in [0.3, 0.4) is 0 Å². The number of hydrogen-bond donors (Lipinski definition) is 1. The van der Waals surface area contributed by atoms with E-state index in [1.165, 1.54) is 22.3 Å². The smallest absolute Gasteiger partial charge is 0.0211 e. The second-order valence-electron chi connectivity index (χ2n) is 5.18. The van der Waals surface area contributed by atoms with Gasteiger partial charge in [0.25, 0.3) is 0 Å². The molecule has 0 saturated heterocycles. The van der Waals surface area contributed by atoms with Crippen molar-refractivity contribution in [3.8, 4) is 0 Å². The Morgan fingerprint density at radius 3 is 2.56 bits per heavy atom. The van der Waals surface area contributed by atoms with Gasteiger partial charge in [-0.1, -0.05) is 48.5 Å². The highest BCUT2D eigenvalue weighted by Crippen LogP contribution is 2.19. The first-order valence-corrected chi connectivity index (χ1v) is 6.67. The third-order valence-corrected chi connectivity index (χ3v) is 3.89. The molecule has 1 atom stereocenters. The van der Waals surface area contributed by atoms with Gasteiger partial charge in [0.05, 0.1) is 0 Å². The van der Waals surface area contributed by atoms with Crippen LogP contribution in [0.2, 0.25) is 0 Å². The van der Waals surface area contributed by atoms with Crippen LogP contribution >= 0.6 is 0 Å². The lowest BCUT2D eigenvalue weighted by Crippen LogP contribution is -2.37. The van der Waals surface area contributed by atoms with Crippen LogP contribution in [0.25, 0.3) is 0 Å². The van der Waals surface area contributed by atoms with E-state index in [2.05, 4.69) is 60.8 Å². The monoisotopic (exact) mass is 237 g/mol. The van der Waals surface area contributed by atoms with Gasteiger partial charge in [-0.25, -0.2) is 0 Å². The van der Waals surface area contributed by atoms with Gasteiger partial charge >= 0.3 is 0 Å². The van der Waals surface area contributed by atoms with Crippen molar-refractivity contribution in [3.63, 3.8) is 0 Å². The van der Waals surface area contributed by atoms with E-state index in [1.807, 2.05) is 0 Å². The van der Waals surface area contributed by atoms with Crippen molar-refractivity contribution in [1.82, 2.24) is 5.32 Å². The molecular formula is C17H19N. The van der Waals surface area contributed by atoms with Crippen LogP contribution in [0, 0.1) is 6.92 Å². The Balaban J connectivity index is 1.75. The molecule has 1 heterocycles. The molecule has 0 radical (unpaired) electrons. The molecule has 0 amide bonds. The molecule has 1 unspecified atom stereocenters. The van der Waals surface area contributed by atoms with Crippen molar-refractivity contribution in [1.29, 1.82) is 0 Å². The van der Waals surface area contributed by atoms with Crippen LogP contribution in [-0.4, -0.2) is 6.04 Å². The number of nitrogens with one attached hydrogen (secondary N) is 1. The SMILES string of the molecule is Cc1ccccc1CC1Cc2ccccc2CN1. The van der Waals surface area contributed by atoms with Gasteiger partial charge in [0, 0.05) is 12.6 Å². The minimum atomic E-state index is 0.570. The number of benzene rings is 2. The van der Waals surface area contributed by atoms with E-state index in [4.69, 9.17) is 0 Å². The fourth-order valence-corrected chi connectivity index (χ4v) is 2.77. The average Bonchev–Trinajstić information content (AvgIpc) is 2.41. The van der Waals surface area contributed by atoms with Crippen molar-refractivity contribution in [2.45, 2.75) is 32.4 Å². The normalized spacial score (nSPS) is 18.4. The topological polar surface area (TPSA) is 12.0 Å². The molecule has 2 aromatic rings. The first-order valence-electron chi connectivity index (χ1n) is 6.67. The van der Waals surface area contributed by atoms with Crippen molar-refractivity contribution in [3.05, 3.63) is 70.8 Å². The van der Waals surface area contributed by atoms with E-state index in [1.54, 1.807) is 0 Å². The Labute approximate surface area is 109 Å². The molecule has 3 rings (SSSR count). The predicted molar refractivity (Wildman–Crippen MR) is 75.7 cm³/mol. The highest BCUT2D eigenvalue weighted by molar-refractivity contribution is 5.32. The quantitative estimate of drug-likeness (QED) is 0.845. The molecule has 0 saturated carbocycles. The number of rotatable bonds is 2. The fraction of sp³-hybridized carbons (Fsp3) is 0.294. The van der Waals surface area contributed by atoms with E-state index in [0.717, 1.165) is 19.4 Å². The summed E-state index contributed by atoms with van der Waals surface area (Å²) in [7, 11) is 0. The van der Waals surface area contributed by atoms with E-state index in [9.17, 15) is 0 Å². The van der Waals surface area contributed by atoms with E-state index < -0.39 is 0 Å². The number of fused-ring (bicyclic) bond motifs is 1. The third-order valence-electron chi connectivity index (χ3n) is 3.89. The number of aryl methyl sites for hydroxylation is 1. The van der Waals surface area contributed by atoms with Gasteiger partial charge in [-0.3, -0.25) is 0 Å². The van der Waals surface area contributed by atoms with Gasteiger partial charge in [0.1, 0.15) is 0 Å². The summed E-state index contributed by atoms with van der Waals surface area (Å²) in [5.74, 6) is 0. The van der Waals surface area contributed by atoms with Crippen LogP contribution in [0.4, 0.5) is 0 Å². The Morgan fingerprint density at radius 2 is 1.72 bits per heavy atom. The Hall–Kier alpha value is -1.60. The summed E-state index contributed by atoms with van der Waals surface area (Å²) in [5.41, 5.74) is 5.83. The maximum absolute atomic E-state index is 3.65. The van der Waals surface area contributed by atoms with Gasteiger partial charge in [-0.2, -0.15) is 0 Å². The Morgan fingerprint density at radius 1 is 1.00 bits per heavy atom. The minimum Gasteiger partial charge on any atom is -0.309 e.